The van der Waals surface area contributed by atoms with E-state index in [9.17, 15) is 32.0 Å². The Kier molecular flexibility index (Phi) is 8.02. The summed E-state index contributed by atoms with van der Waals surface area (Å²) in [6.45, 7) is 1.66. The molecule has 2 rings (SSSR count). The Hall–Kier alpha value is -2.51. The first-order valence-corrected chi connectivity index (χ1v) is 11.0. The predicted octanol–water partition coefficient (Wildman–Crippen LogP) is 2.33. The van der Waals surface area contributed by atoms with E-state index in [0.717, 1.165) is 6.07 Å². The highest BCUT2D eigenvalue weighted by Crippen LogP contribution is 2.38. The number of nitriles is 1. The van der Waals surface area contributed by atoms with E-state index in [0.29, 0.717) is 10.5 Å². The van der Waals surface area contributed by atoms with Gasteiger partial charge in [0.05, 0.1) is 34.4 Å². The van der Waals surface area contributed by atoms with E-state index in [1.54, 1.807) is 0 Å². The molecule has 0 fully saturated rings. The maximum Gasteiger partial charge on any atom is 0.417 e. The van der Waals surface area contributed by atoms with E-state index in [1.165, 1.54) is 26.3 Å². The second-order valence-electron chi connectivity index (χ2n) is 6.52. The number of methoxy groups -OCH3 is 1. The normalized spacial score (nSPS) is 13.8. The van der Waals surface area contributed by atoms with Gasteiger partial charge in [0, 0.05) is 19.0 Å². The van der Waals surface area contributed by atoms with Crippen molar-refractivity contribution in [3.8, 4) is 6.07 Å². The number of benzene rings is 1. The second kappa shape index (κ2) is 9.96. The molecular formula is C17H18BrF3N6O4S. The lowest BCUT2D eigenvalue weighted by Gasteiger charge is -2.22. The van der Waals surface area contributed by atoms with Crippen molar-refractivity contribution in [3.63, 3.8) is 0 Å². The number of sulfonamides is 1. The SMILES string of the molecule is COC[C@@H](Nc1nc(Nc2cc(C#N)c(S(N)(=O)=O)c(C(F)(F)F)c2)ncc1Br)[C@@H](C)O. The van der Waals surface area contributed by atoms with Gasteiger partial charge in [-0.3, -0.25) is 0 Å². The zero-order valence-corrected chi connectivity index (χ0v) is 19.0. The number of nitrogens with zero attached hydrogens (tertiary/aromatic N) is 3. The lowest BCUT2D eigenvalue weighted by Crippen LogP contribution is -2.36. The molecule has 0 saturated carbocycles. The quantitative estimate of drug-likeness (QED) is 0.394. The first-order chi connectivity index (χ1) is 14.8. The van der Waals surface area contributed by atoms with E-state index in [-0.39, 0.29) is 24.1 Å². The molecule has 2 atom stereocenters. The Labute approximate surface area is 189 Å². The molecule has 0 aliphatic heterocycles. The van der Waals surface area contributed by atoms with Crippen LogP contribution < -0.4 is 15.8 Å². The second-order valence-corrected chi connectivity index (χ2v) is 8.87. The van der Waals surface area contributed by atoms with Crippen molar-refractivity contribution in [1.29, 1.82) is 5.26 Å². The molecule has 0 amide bonds. The van der Waals surface area contributed by atoms with Crippen LogP contribution in [0.15, 0.2) is 27.7 Å². The number of hydrogen-bond acceptors (Lipinski definition) is 9. The molecule has 0 aliphatic carbocycles. The van der Waals surface area contributed by atoms with Crippen LogP contribution >= 0.6 is 15.9 Å². The number of aliphatic hydroxyl groups excluding tert-OH is 1. The largest absolute Gasteiger partial charge is 0.417 e. The van der Waals surface area contributed by atoms with Crippen LogP contribution in [0.1, 0.15) is 18.1 Å². The standard InChI is InChI=1S/C17H18BrF3N6O4S/c1-8(28)13(7-31-2)26-15-12(18)6-24-16(27-15)25-10-3-9(5-22)14(32(23,29)30)11(4-10)17(19,20)21/h3-4,6,8,13,28H,7H2,1-2H3,(H2,23,29,30)(H2,24,25,26,27)/t8-,13-/m1/s1. The molecular weight excluding hydrogens is 521 g/mol. The predicted molar refractivity (Wildman–Crippen MR) is 112 cm³/mol. The van der Waals surface area contributed by atoms with E-state index >= 15 is 0 Å². The van der Waals surface area contributed by atoms with Gasteiger partial charge in [0.2, 0.25) is 16.0 Å². The fourth-order valence-electron chi connectivity index (χ4n) is 2.62. The number of aromatic nitrogens is 2. The van der Waals surface area contributed by atoms with E-state index < -0.39 is 44.4 Å². The third kappa shape index (κ3) is 6.26. The van der Waals surface area contributed by atoms with Gasteiger partial charge >= 0.3 is 6.18 Å². The van der Waals surface area contributed by atoms with Crippen molar-refractivity contribution in [3.05, 3.63) is 33.9 Å². The van der Waals surface area contributed by atoms with Crippen molar-refractivity contribution in [2.75, 3.05) is 24.4 Å². The van der Waals surface area contributed by atoms with Crippen molar-refractivity contribution in [1.82, 2.24) is 9.97 Å². The summed E-state index contributed by atoms with van der Waals surface area (Å²) in [5.74, 6) is 0.0287. The van der Waals surface area contributed by atoms with Crippen molar-refractivity contribution < 1.29 is 31.4 Å². The summed E-state index contributed by atoms with van der Waals surface area (Å²) in [5, 5.41) is 29.4. The highest BCUT2D eigenvalue weighted by atomic mass is 79.9. The fraction of sp³-hybridized carbons (Fsp3) is 0.353. The third-order valence-corrected chi connectivity index (χ3v) is 5.64. The van der Waals surface area contributed by atoms with E-state index in [1.807, 2.05) is 0 Å². The monoisotopic (exact) mass is 538 g/mol. The first-order valence-electron chi connectivity index (χ1n) is 8.69. The average molecular weight is 539 g/mol. The Morgan fingerprint density at radius 3 is 2.56 bits per heavy atom. The van der Waals surface area contributed by atoms with Gasteiger partial charge in [-0.2, -0.15) is 23.4 Å². The van der Waals surface area contributed by atoms with Crippen LogP contribution in [0, 0.1) is 11.3 Å². The number of nitrogens with one attached hydrogen (secondary N) is 2. The molecule has 5 N–H and O–H groups in total. The summed E-state index contributed by atoms with van der Waals surface area (Å²) >= 11 is 3.23. The van der Waals surface area contributed by atoms with Gasteiger partial charge in [0.15, 0.2) is 0 Å². The van der Waals surface area contributed by atoms with Crippen LogP contribution in [0.5, 0.6) is 0 Å². The first kappa shape index (κ1) is 25.7. The Balaban J connectivity index is 2.50. The highest BCUT2D eigenvalue weighted by Gasteiger charge is 2.38. The molecule has 10 nitrogen and oxygen atoms in total. The van der Waals surface area contributed by atoms with Crippen LogP contribution in [0.25, 0.3) is 0 Å². The Bertz CT molecular complexity index is 1140. The van der Waals surface area contributed by atoms with Crippen LogP contribution in [0.4, 0.5) is 30.6 Å². The minimum absolute atomic E-state index is 0.131. The number of ether oxygens (including phenoxy) is 1. The maximum atomic E-state index is 13.5. The summed E-state index contributed by atoms with van der Waals surface area (Å²) in [6.07, 6.45) is -4.63. The summed E-state index contributed by atoms with van der Waals surface area (Å²) in [5.41, 5.74) is -2.70. The molecule has 15 heteroatoms. The number of aliphatic hydroxyl groups is 1. The molecule has 0 radical (unpaired) electrons. The van der Waals surface area contributed by atoms with Crippen molar-refractivity contribution in [2.45, 2.75) is 30.1 Å². The third-order valence-electron chi connectivity index (χ3n) is 4.05. The molecule has 0 unspecified atom stereocenters. The van der Waals surface area contributed by atoms with Crippen molar-refractivity contribution in [2.24, 2.45) is 5.14 Å². The fourth-order valence-corrected chi connectivity index (χ4v) is 3.81. The lowest BCUT2D eigenvalue weighted by atomic mass is 10.1. The number of primary sulfonamides is 1. The molecule has 2 aromatic rings. The van der Waals surface area contributed by atoms with Gasteiger partial charge in [-0.05, 0) is 35.0 Å². The van der Waals surface area contributed by atoms with Gasteiger partial charge in [0.25, 0.3) is 0 Å². The van der Waals surface area contributed by atoms with Gasteiger partial charge in [-0.15, -0.1) is 0 Å². The number of halogens is 4. The number of anilines is 3. The number of nitrogens with two attached hydrogens (primary N) is 1. The maximum absolute atomic E-state index is 13.5. The number of alkyl halides is 3. The van der Waals surface area contributed by atoms with E-state index in [2.05, 4.69) is 36.5 Å². The smallest absolute Gasteiger partial charge is 0.391 e. The summed E-state index contributed by atoms with van der Waals surface area (Å²) in [6, 6.07) is 2.23. The molecule has 0 spiro atoms. The van der Waals surface area contributed by atoms with Gasteiger partial charge in [-0.25, -0.2) is 18.5 Å². The van der Waals surface area contributed by atoms with Gasteiger partial charge in [0.1, 0.15) is 16.8 Å². The Morgan fingerprint density at radius 1 is 1.41 bits per heavy atom. The summed E-state index contributed by atoms with van der Waals surface area (Å²) in [4.78, 5) is 6.75. The van der Waals surface area contributed by atoms with Crippen molar-refractivity contribution >= 4 is 43.4 Å². The topological polar surface area (TPSA) is 163 Å². The van der Waals surface area contributed by atoms with Crippen LogP contribution in [-0.4, -0.2) is 49.4 Å². The average Bonchev–Trinajstić information content (AvgIpc) is 2.67. The molecule has 1 aromatic heterocycles. The Morgan fingerprint density at radius 2 is 2.06 bits per heavy atom. The van der Waals surface area contributed by atoms with Gasteiger partial charge < -0.3 is 20.5 Å². The molecule has 174 valence electrons. The summed E-state index contributed by atoms with van der Waals surface area (Å²) in [7, 11) is -3.40. The number of hydrogen-bond donors (Lipinski definition) is 4. The molecule has 32 heavy (non-hydrogen) atoms. The minimum atomic E-state index is -5.11. The van der Waals surface area contributed by atoms with Gasteiger partial charge in [-0.1, -0.05) is 0 Å². The molecule has 0 saturated heterocycles. The lowest BCUT2D eigenvalue weighted by molar-refractivity contribution is -0.139. The molecule has 0 bridgehead atoms. The minimum Gasteiger partial charge on any atom is -0.391 e. The zero-order valence-electron chi connectivity index (χ0n) is 16.6. The van der Waals surface area contributed by atoms with Crippen LogP contribution in [-0.2, 0) is 20.9 Å². The molecule has 1 aromatic carbocycles. The highest BCUT2D eigenvalue weighted by molar-refractivity contribution is 9.10. The molecule has 0 aliphatic rings. The number of rotatable bonds is 8. The van der Waals surface area contributed by atoms with E-state index in [4.69, 9.17) is 9.88 Å². The zero-order chi connectivity index (χ0) is 24.3. The molecule has 1 heterocycles. The van der Waals surface area contributed by atoms with Crippen LogP contribution in [0.2, 0.25) is 0 Å². The van der Waals surface area contributed by atoms with Crippen LogP contribution in [0.3, 0.4) is 0 Å². The summed E-state index contributed by atoms with van der Waals surface area (Å²) < 4.78 is 69.2.